The van der Waals surface area contributed by atoms with Gasteiger partial charge in [0.2, 0.25) is 17.7 Å². The van der Waals surface area contributed by atoms with E-state index >= 15 is 0 Å². The highest BCUT2D eigenvalue weighted by atomic mass is 79.9. The number of carbonyl (C=O) groups is 3. The van der Waals surface area contributed by atoms with Gasteiger partial charge >= 0.3 is 0 Å². The molecule has 9 heteroatoms. The van der Waals surface area contributed by atoms with E-state index in [-0.39, 0.29) is 36.2 Å². The van der Waals surface area contributed by atoms with Gasteiger partial charge in [-0.15, -0.1) is 0 Å². The van der Waals surface area contributed by atoms with Crippen LogP contribution in [0.15, 0.2) is 0 Å². The minimum Gasteiger partial charge on any atom is -0.396 e. The highest BCUT2D eigenvalue weighted by Crippen LogP contribution is 2.19. The monoisotopic (exact) mass is 521 g/mol. The lowest BCUT2D eigenvalue weighted by Crippen LogP contribution is -2.46. The van der Waals surface area contributed by atoms with Crippen molar-refractivity contribution < 1.29 is 24.6 Å². The van der Waals surface area contributed by atoms with Gasteiger partial charge in [0.1, 0.15) is 6.10 Å². The zero-order chi connectivity index (χ0) is 24.4. The second-order valence-electron chi connectivity index (χ2n) is 8.96. The van der Waals surface area contributed by atoms with Crippen LogP contribution in [-0.2, 0) is 14.4 Å². The number of rotatable bonds is 19. The lowest BCUT2D eigenvalue weighted by Gasteiger charge is -2.27. The van der Waals surface area contributed by atoms with Crippen molar-refractivity contribution in [3.63, 3.8) is 0 Å². The highest BCUT2D eigenvalue weighted by Gasteiger charge is 2.32. The molecule has 32 heavy (non-hydrogen) atoms. The standard InChI is InChI=1S/C23H44BrN3O5/c1-4-5-6-7-8-9-10-11-12-18(24)21(31)27-16-15-25-19(29)13-14-26-22(32)20(30)23(2,3)17-28/h18,20,28,30H,4-17H2,1-3H3,(H,25,29)(H,26,32)(H,27,31). The molecular formula is C23H44BrN3O5. The summed E-state index contributed by atoms with van der Waals surface area (Å²) in [6.45, 7) is 5.75. The molecule has 5 N–H and O–H groups in total. The summed E-state index contributed by atoms with van der Waals surface area (Å²) >= 11 is 3.43. The molecule has 0 saturated heterocycles. The number of aliphatic hydroxyl groups excluding tert-OH is 2. The molecule has 3 amide bonds. The summed E-state index contributed by atoms with van der Waals surface area (Å²) in [5.74, 6) is -0.955. The van der Waals surface area contributed by atoms with E-state index in [1.165, 1.54) is 38.5 Å². The zero-order valence-electron chi connectivity index (χ0n) is 20.1. The Hall–Kier alpha value is -1.19. The first-order valence-corrected chi connectivity index (χ1v) is 12.8. The van der Waals surface area contributed by atoms with Crippen LogP contribution in [0.4, 0.5) is 0 Å². The van der Waals surface area contributed by atoms with Crippen molar-refractivity contribution in [2.75, 3.05) is 26.2 Å². The van der Waals surface area contributed by atoms with E-state index in [4.69, 9.17) is 0 Å². The molecule has 2 unspecified atom stereocenters. The van der Waals surface area contributed by atoms with Gasteiger partial charge in [-0.3, -0.25) is 14.4 Å². The average molecular weight is 523 g/mol. The number of amides is 3. The molecule has 0 aromatic rings. The van der Waals surface area contributed by atoms with Gasteiger partial charge in [-0.05, 0) is 6.42 Å². The van der Waals surface area contributed by atoms with Crippen molar-refractivity contribution >= 4 is 33.7 Å². The van der Waals surface area contributed by atoms with Crippen LogP contribution in [0.5, 0.6) is 0 Å². The maximum absolute atomic E-state index is 12.1. The van der Waals surface area contributed by atoms with E-state index < -0.39 is 17.4 Å². The third-order valence-electron chi connectivity index (χ3n) is 5.39. The summed E-state index contributed by atoms with van der Waals surface area (Å²) in [6, 6.07) is 0. The molecule has 0 aliphatic heterocycles. The Balaban J connectivity index is 3.77. The molecule has 0 aliphatic rings. The van der Waals surface area contributed by atoms with Crippen molar-refractivity contribution in [1.29, 1.82) is 0 Å². The molecule has 0 aromatic heterocycles. The first-order chi connectivity index (χ1) is 15.2. The third kappa shape index (κ3) is 14.8. The Bertz CT molecular complexity index is 546. The normalized spacial score (nSPS) is 13.3. The van der Waals surface area contributed by atoms with Gasteiger partial charge in [-0.25, -0.2) is 0 Å². The first kappa shape index (κ1) is 30.8. The molecule has 0 aromatic carbocycles. The summed E-state index contributed by atoms with van der Waals surface area (Å²) in [6.07, 6.45) is 9.34. The van der Waals surface area contributed by atoms with Crippen LogP contribution < -0.4 is 16.0 Å². The molecule has 8 nitrogen and oxygen atoms in total. The Labute approximate surface area is 201 Å². The SMILES string of the molecule is CCCCCCCCCCC(Br)C(=O)NCCNC(=O)CCNC(=O)C(O)C(C)(C)CO. The van der Waals surface area contributed by atoms with E-state index in [0.717, 1.165) is 19.3 Å². The molecule has 0 aliphatic carbocycles. The number of carbonyl (C=O) groups excluding carboxylic acids is 3. The largest absolute Gasteiger partial charge is 0.396 e. The van der Waals surface area contributed by atoms with Crippen LogP contribution in [0.2, 0.25) is 0 Å². The second-order valence-corrected chi connectivity index (χ2v) is 10.1. The highest BCUT2D eigenvalue weighted by molar-refractivity contribution is 9.10. The number of alkyl halides is 1. The maximum atomic E-state index is 12.1. The Morgan fingerprint density at radius 1 is 0.844 bits per heavy atom. The lowest BCUT2D eigenvalue weighted by molar-refractivity contribution is -0.137. The zero-order valence-corrected chi connectivity index (χ0v) is 21.6. The van der Waals surface area contributed by atoms with Crippen LogP contribution in [-0.4, -0.2) is 65.1 Å². The number of nitrogens with one attached hydrogen (secondary N) is 3. The number of hydrogen-bond acceptors (Lipinski definition) is 5. The van der Waals surface area contributed by atoms with E-state index in [1.54, 1.807) is 13.8 Å². The summed E-state index contributed by atoms with van der Waals surface area (Å²) in [5.41, 5.74) is -0.952. The maximum Gasteiger partial charge on any atom is 0.249 e. The quantitative estimate of drug-likeness (QED) is 0.132. The fourth-order valence-electron chi connectivity index (χ4n) is 3.01. The Kier molecular flexibility index (Phi) is 17.6. The lowest BCUT2D eigenvalue weighted by atomic mass is 9.87. The van der Waals surface area contributed by atoms with Crippen LogP contribution in [0.25, 0.3) is 0 Å². The minimum absolute atomic E-state index is 0.0610. The fourth-order valence-corrected chi connectivity index (χ4v) is 3.50. The van der Waals surface area contributed by atoms with Gasteiger partial charge in [0.15, 0.2) is 0 Å². The number of aliphatic hydroxyl groups is 2. The molecule has 0 heterocycles. The number of halogens is 1. The second kappa shape index (κ2) is 18.3. The third-order valence-corrected chi connectivity index (χ3v) is 6.26. The van der Waals surface area contributed by atoms with Crippen LogP contribution in [0, 0.1) is 5.41 Å². The molecule has 188 valence electrons. The van der Waals surface area contributed by atoms with Gasteiger partial charge < -0.3 is 26.2 Å². The van der Waals surface area contributed by atoms with E-state index in [9.17, 15) is 24.6 Å². The number of unbranched alkanes of at least 4 members (excludes halogenated alkanes) is 7. The molecule has 0 radical (unpaired) electrons. The van der Waals surface area contributed by atoms with Gasteiger partial charge in [0.25, 0.3) is 0 Å². The van der Waals surface area contributed by atoms with E-state index in [1.807, 2.05) is 0 Å². The first-order valence-electron chi connectivity index (χ1n) is 11.9. The molecule has 0 fully saturated rings. The molecule has 0 spiro atoms. The predicted molar refractivity (Wildman–Crippen MR) is 130 cm³/mol. The van der Waals surface area contributed by atoms with Gasteiger partial charge in [-0.2, -0.15) is 0 Å². The van der Waals surface area contributed by atoms with Crippen molar-refractivity contribution in [3.8, 4) is 0 Å². The molecular weight excluding hydrogens is 478 g/mol. The Morgan fingerprint density at radius 3 is 1.97 bits per heavy atom. The smallest absolute Gasteiger partial charge is 0.249 e. The van der Waals surface area contributed by atoms with Crippen molar-refractivity contribution in [2.24, 2.45) is 5.41 Å². The average Bonchev–Trinajstić information content (AvgIpc) is 2.77. The topological polar surface area (TPSA) is 128 Å². The van der Waals surface area contributed by atoms with Crippen molar-refractivity contribution in [2.45, 2.75) is 95.9 Å². The van der Waals surface area contributed by atoms with Gasteiger partial charge in [-0.1, -0.05) is 88.1 Å². The van der Waals surface area contributed by atoms with Crippen molar-refractivity contribution in [3.05, 3.63) is 0 Å². The summed E-state index contributed by atoms with van der Waals surface area (Å²) in [7, 11) is 0. The van der Waals surface area contributed by atoms with Crippen molar-refractivity contribution in [1.82, 2.24) is 16.0 Å². The minimum atomic E-state index is -1.35. The number of hydrogen-bond donors (Lipinski definition) is 5. The fraction of sp³-hybridized carbons (Fsp3) is 0.870. The van der Waals surface area contributed by atoms with Gasteiger partial charge in [0, 0.05) is 31.5 Å². The van der Waals surface area contributed by atoms with Gasteiger partial charge in [0.05, 0.1) is 11.4 Å². The van der Waals surface area contributed by atoms with Crippen LogP contribution in [0.1, 0.15) is 85.0 Å². The van der Waals surface area contributed by atoms with E-state index in [2.05, 4.69) is 38.8 Å². The van der Waals surface area contributed by atoms with E-state index in [0.29, 0.717) is 13.1 Å². The summed E-state index contributed by atoms with van der Waals surface area (Å²) in [5, 5.41) is 27.0. The summed E-state index contributed by atoms with van der Waals surface area (Å²) in [4.78, 5) is 35.5. The molecule has 0 rings (SSSR count). The van der Waals surface area contributed by atoms with Crippen LogP contribution >= 0.6 is 15.9 Å². The molecule has 2 atom stereocenters. The predicted octanol–water partition coefficient (Wildman–Crippen LogP) is 2.40. The molecule has 0 saturated carbocycles. The van der Waals surface area contributed by atoms with Crippen LogP contribution in [0.3, 0.4) is 0 Å². The summed E-state index contributed by atoms with van der Waals surface area (Å²) < 4.78 is 0. The Morgan fingerprint density at radius 2 is 1.38 bits per heavy atom. The molecule has 0 bridgehead atoms.